The number of methoxy groups -OCH3 is 1. The molecule has 2 N–H and O–H groups in total. The van der Waals surface area contributed by atoms with Crippen molar-refractivity contribution in [3.63, 3.8) is 0 Å². The first-order valence-corrected chi connectivity index (χ1v) is 4.35. The van der Waals surface area contributed by atoms with Gasteiger partial charge in [0.15, 0.2) is 0 Å². The summed E-state index contributed by atoms with van der Waals surface area (Å²) in [6, 6.07) is 0.486. The molecule has 0 aromatic heterocycles. The first-order valence-electron chi connectivity index (χ1n) is 4.35. The molecule has 12 heavy (non-hydrogen) atoms. The highest BCUT2D eigenvalue weighted by molar-refractivity contribution is 4.72. The maximum absolute atomic E-state index is 4.92. The molecule has 0 heterocycles. The van der Waals surface area contributed by atoms with E-state index in [1.165, 1.54) is 0 Å². The van der Waals surface area contributed by atoms with Crippen molar-refractivity contribution in [1.82, 2.24) is 10.6 Å². The van der Waals surface area contributed by atoms with Gasteiger partial charge in [0.1, 0.15) is 0 Å². The van der Waals surface area contributed by atoms with Crippen LogP contribution in [0.25, 0.3) is 0 Å². The Kier molecular flexibility index (Phi) is 8.44. The van der Waals surface area contributed by atoms with Crippen LogP contribution in [0.3, 0.4) is 0 Å². The molecule has 0 aliphatic rings. The minimum absolute atomic E-state index is 0.486. The summed E-state index contributed by atoms with van der Waals surface area (Å²) in [7, 11) is 1.71. The molecule has 0 radical (unpaired) electrons. The lowest BCUT2D eigenvalue weighted by Crippen LogP contribution is -2.37. The molecule has 0 aromatic carbocycles. The van der Waals surface area contributed by atoms with E-state index in [9.17, 15) is 0 Å². The molecule has 0 saturated carbocycles. The molecule has 1 unspecified atom stereocenters. The second-order valence-corrected chi connectivity index (χ2v) is 2.79. The van der Waals surface area contributed by atoms with Gasteiger partial charge >= 0.3 is 0 Å². The Morgan fingerprint density at radius 1 is 1.58 bits per heavy atom. The van der Waals surface area contributed by atoms with Gasteiger partial charge in [-0.05, 0) is 6.92 Å². The minimum Gasteiger partial charge on any atom is -0.383 e. The fraction of sp³-hybridized carbons (Fsp3) is 0.778. The van der Waals surface area contributed by atoms with Gasteiger partial charge in [0.2, 0.25) is 0 Å². The van der Waals surface area contributed by atoms with E-state index in [2.05, 4.69) is 24.1 Å². The van der Waals surface area contributed by atoms with Crippen LogP contribution in [0.4, 0.5) is 0 Å². The highest BCUT2D eigenvalue weighted by atomic mass is 16.5. The summed E-state index contributed by atoms with van der Waals surface area (Å²) < 4.78 is 4.92. The maximum atomic E-state index is 4.92. The van der Waals surface area contributed by atoms with Gasteiger partial charge in [0, 0.05) is 32.8 Å². The molecule has 0 aliphatic heterocycles. The van der Waals surface area contributed by atoms with Crippen molar-refractivity contribution in [3.05, 3.63) is 12.7 Å². The van der Waals surface area contributed by atoms with Gasteiger partial charge in [0.05, 0.1) is 6.61 Å². The molecule has 0 saturated heterocycles. The van der Waals surface area contributed by atoms with Crippen molar-refractivity contribution in [2.75, 3.05) is 33.4 Å². The van der Waals surface area contributed by atoms with E-state index >= 15 is 0 Å². The summed E-state index contributed by atoms with van der Waals surface area (Å²) in [6.07, 6.45) is 1.86. The number of ether oxygens (including phenoxy) is 1. The first-order chi connectivity index (χ1) is 5.81. The third-order valence-electron chi connectivity index (χ3n) is 1.54. The molecule has 72 valence electrons. The molecule has 0 aromatic rings. The monoisotopic (exact) mass is 172 g/mol. The summed E-state index contributed by atoms with van der Waals surface area (Å²) >= 11 is 0. The van der Waals surface area contributed by atoms with Crippen LogP contribution in [-0.4, -0.2) is 39.4 Å². The van der Waals surface area contributed by atoms with Crippen LogP contribution in [0, 0.1) is 0 Å². The predicted molar refractivity (Wildman–Crippen MR) is 52.4 cm³/mol. The highest BCUT2D eigenvalue weighted by Gasteiger charge is 1.97. The fourth-order valence-electron chi connectivity index (χ4n) is 0.881. The van der Waals surface area contributed by atoms with Crippen LogP contribution in [0.1, 0.15) is 6.92 Å². The van der Waals surface area contributed by atoms with Crippen LogP contribution in [0.15, 0.2) is 12.7 Å². The Hall–Kier alpha value is -0.380. The normalized spacial score (nSPS) is 12.8. The molecule has 0 bridgehead atoms. The Morgan fingerprint density at radius 3 is 2.92 bits per heavy atom. The van der Waals surface area contributed by atoms with Gasteiger partial charge in [-0.1, -0.05) is 6.08 Å². The smallest absolute Gasteiger partial charge is 0.0587 e. The van der Waals surface area contributed by atoms with Gasteiger partial charge in [-0.25, -0.2) is 0 Å². The summed E-state index contributed by atoms with van der Waals surface area (Å²) in [5.41, 5.74) is 0. The average Bonchev–Trinajstić information content (AvgIpc) is 2.06. The summed E-state index contributed by atoms with van der Waals surface area (Å²) in [5.74, 6) is 0. The third kappa shape index (κ3) is 7.72. The van der Waals surface area contributed by atoms with Crippen LogP contribution in [-0.2, 0) is 4.74 Å². The van der Waals surface area contributed by atoms with Crippen LogP contribution >= 0.6 is 0 Å². The van der Waals surface area contributed by atoms with Gasteiger partial charge in [-0.3, -0.25) is 0 Å². The van der Waals surface area contributed by atoms with Crippen LogP contribution in [0.5, 0.6) is 0 Å². The summed E-state index contributed by atoms with van der Waals surface area (Å²) in [5, 5.41) is 6.56. The standard InChI is InChI=1S/C9H20N2O/c1-4-5-10-8-9(2)11-6-7-12-3/h4,9-11H,1,5-8H2,2-3H3. The molecule has 0 spiro atoms. The van der Waals surface area contributed by atoms with Crippen molar-refractivity contribution in [2.24, 2.45) is 0 Å². The Balaban J connectivity index is 3.09. The molecule has 3 heteroatoms. The van der Waals surface area contributed by atoms with E-state index in [1.54, 1.807) is 7.11 Å². The predicted octanol–water partition coefficient (Wildman–Crippen LogP) is 0.386. The third-order valence-corrected chi connectivity index (χ3v) is 1.54. The Morgan fingerprint density at radius 2 is 2.33 bits per heavy atom. The summed E-state index contributed by atoms with van der Waals surface area (Å²) in [4.78, 5) is 0. The van der Waals surface area contributed by atoms with Crippen molar-refractivity contribution in [1.29, 1.82) is 0 Å². The maximum Gasteiger partial charge on any atom is 0.0587 e. The largest absolute Gasteiger partial charge is 0.383 e. The van der Waals surface area contributed by atoms with Crippen LogP contribution < -0.4 is 10.6 Å². The molecule has 0 fully saturated rings. The number of rotatable bonds is 8. The molecule has 0 aliphatic carbocycles. The van der Waals surface area contributed by atoms with Crippen molar-refractivity contribution < 1.29 is 4.74 Å². The Labute approximate surface area is 75.2 Å². The van der Waals surface area contributed by atoms with Gasteiger partial charge < -0.3 is 15.4 Å². The zero-order chi connectivity index (χ0) is 9.23. The molecular weight excluding hydrogens is 152 g/mol. The minimum atomic E-state index is 0.486. The fourth-order valence-corrected chi connectivity index (χ4v) is 0.881. The topological polar surface area (TPSA) is 33.3 Å². The quantitative estimate of drug-likeness (QED) is 0.410. The lowest BCUT2D eigenvalue weighted by Gasteiger charge is -2.13. The summed E-state index contributed by atoms with van der Waals surface area (Å²) in [6.45, 7) is 9.29. The molecule has 1 atom stereocenters. The van der Waals surface area contributed by atoms with Crippen LogP contribution in [0.2, 0.25) is 0 Å². The van der Waals surface area contributed by atoms with Gasteiger partial charge in [0.25, 0.3) is 0 Å². The lowest BCUT2D eigenvalue weighted by molar-refractivity contribution is 0.196. The van der Waals surface area contributed by atoms with E-state index in [0.29, 0.717) is 6.04 Å². The zero-order valence-electron chi connectivity index (χ0n) is 8.10. The second kappa shape index (κ2) is 8.71. The SMILES string of the molecule is C=CCNCC(C)NCCOC. The zero-order valence-corrected chi connectivity index (χ0v) is 8.10. The first kappa shape index (κ1) is 11.6. The highest BCUT2D eigenvalue weighted by Crippen LogP contribution is 1.77. The van der Waals surface area contributed by atoms with E-state index in [1.807, 2.05) is 6.08 Å². The van der Waals surface area contributed by atoms with Crippen molar-refractivity contribution in [3.8, 4) is 0 Å². The van der Waals surface area contributed by atoms with Gasteiger partial charge in [-0.2, -0.15) is 0 Å². The van der Waals surface area contributed by atoms with E-state index < -0.39 is 0 Å². The van der Waals surface area contributed by atoms with Crippen molar-refractivity contribution >= 4 is 0 Å². The number of nitrogens with one attached hydrogen (secondary N) is 2. The van der Waals surface area contributed by atoms with E-state index in [0.717, 1.165) is 26.2 Å². The molecule has 3 nitrogen and oxygen atoms in total. The number of hydrogen-bond acceptors (Lipinski definition) is 3. The molecule has 0 amide bonds. The lowest BCUT2D eigenvalue weighted by atomic mass is 10.3. The van der Waals surface area contributed by atoms with Gasteiger partial charge in [-0.15, -0.1) is 6.58 Å². The van der Waals surface area contributed by atoms with E-state index in [-0.39, 0.29) is 0 Å². The Bertz CT molecular complexity index is 107. The molecular formula is C9H20N2O. The average molecular weight is 172 g/mol. The van der Waals surface area contributed by atoms with E-state index in [4.69, 9.17) is 4.74 Å². The van der Waals surface area contributed by atoms with Crippen molar-refractivity contribution in [2.45, 2.75) is 13.0 Å². The second-order valence-electron chi connectivity index (χ2n) is 2.79. The molecule has 0 rings (SSSR count). The number of hydrogen-bond donors (Lipinski definition) is 2.